The lowest BCUT2D eigenvalue weighted by Gasteiger charge is -2.37. The van der Waals surface area contributed by atoms with Crippen molar-refractivity contribution in [2.45, 2.75) is 38.4 Å². The van der Waals surface area contributed by atoms with Crippen molar-refractivity contribution in [1.29, 1.82) is 0 Å². The third-order valence-corrected chi connectivity index (χ3v) is 8.45. The fourth-order valence-electron chi connectivity index (χ4n) is 4.95. The first-order valence-corrected chi connectivity index (χ1v) is 13.7. The summed E-state index contributed by atoms with van der Waals surface area (Å²) >= 11 is 7.50. The zero-order chi connectivity index (χ0) is 27.9. The highest BCUT2D eigenvalue weighted by atomic mass is 35.5. The van der Waals surface area contributed by atoms with Gasteiger partial charge in [-0.25, -0.2) is 4.98 Å². The maximum Gasteiger partial charge on any atom is 0.265 e. The van der Waals surface area contributed by atoms with Crippen LogP contribution < -0.4 is 10.6 Å². The highest BCUT2D eigenvalue weighted by molar-refractivity contribution is 7.17. The Morgan fingerprint density at radius 3 is 2.64 bits per heavy atom. The molecule has 5 rings (SSSR count). The molecule has 0 fully saturated rings. The largest absolute Gasteiger partial charge is 0.394 e. The van der Waals surface area contributed by atoms with Gasteiger partial charge in [0.1, 0.15) is 17.7 Å². The van der Waals surface area contributed by atoms with Gasteiger partial charge in [-0.3, -0.25) is 14.3 Å². The molecule has 39 heavy (non-hydrogen) atoms. The van der Waals surface area contributed by atoms with Gasteiger partial charge in [0.05, 0.1) is 29.3 Å². The third kappa shape index (κ3) is 5.03. The van der Waals surface area contributed by atoms with Crippen LogP contribution in [0.4, 0.5) is 11.6 Å². The quantitative estimate of drug-likeness (QED) is 0.281. The predicted molar refractivity (Wildman–Crippen MR) is 152 cm³/mol. The molecule has 1 aliphatic heterocycles. The number of aromatic nitrogens is 3. The van der Waals surface area contributed by atoms with Gasteiger partial charge in [-0.05, 0) is 62.2 Å². The SMILES string of the molecule is C[C@H](C(=O)N[C@H](CO)c1cccc(Cl)c1)N1C(=O)c2sc(-c3ccnc(Nc4ccnn4C)c3)cc2C1(C)C. The number of carbonyl (C=O) groups excluding carboxylic acids is 2. The summed E-state index contributed by atoms with van der Waals surface area (Å²) in [6.07, 6.45) is 3.43. The van der Waals surface area contributed by atoms with Crippen LogP contribution in [0, 0.1) is 0 Å². The number of anilines is 2. The molecule has 11 heteroatoms. The van der Waals surface area contributed by atoms with E-state index in [0.29, 0.717) is 21.3 Å². The lowest BCUT2D eigenvalue weighted by Crippen LogP contribution is -2.52. The van der Waals surface area contributed by atoms with Crippen LogP contribution in [0.5, 0.6) is 0 Å². The first-order valence-electron chi connectivity index (χ1n) is 12.5. The van der Waals surface area contributed by atoms with E-state index in [1.54, 1.807) is 53.2 Å². The number of halogens is 1. The maximum absolute atomic E-state index is 13.6. The molecule has 4 aromatic rings. The number of thiophene rings is 1. The van der Waals surface area contributed by atoms with Crippen LogP contribution in [-0.2, 0) is 17.4 Å². The van der Waals surface area contributed by atoms with Gasteiger partial charge in [-0.2, -0.15) is 5.10 Å². The average molecular weight is 565 g/mol. The number of aliphatic hydroxyl groups is 1. The number of fused-ring (bicyclic) bond motifs is 1. The van der Waals surface area contributed by atoms with E-state index in [4.69, 9.17) is 11.6 Å². The number of nitrogens with one attached hydrogen (secondary N) is 2. The Kier molecular flexibility index (Phi) is 7.19. The summed E-state index contributed by atoms with van der Waals surface area (Å²) in [6.45, 7) is 5.30. The third-order valence-electron chi connectivity index (χ3n) is 7.04. The highest BCUT2D eigenvalue weighted by Crippen LogP contribution is 2.46. The number of benzene rings is 1. The molecule has 0 spiro atoms. The molecule has 9 nitrogen and oxygen atoms in total. The van der Waals surface area contributed by atoms with E-state index in [9.17, 15) is 14.7 Å². The number of aliphatic hydroxyl groups excluding tert-OH is 1. The van der Waals surface area contributed by atoms with Crippen molar-refractivity contribution in [1.82, 2.24) is 25.0 Å². The molecular formula is C28H29ClN6O3S. The molecule has 3 N–H and O–H groups in total. The fourth-order valence-corrected chi connectivity index (χ4v) is 6.39. The molecule has 202 valence electrons. The second-order valence-corrected chi connectivity index (χ2v) is 11.4. The molecule has 2 amide bonds. The van der Waals surface area contributed by atoms with Gasteiger partial charge in [0.25, 0.3) is 5.91 Å². The predicted octanol–water partition coefficient (Wildman–Crippen LogP) is 4.87. The van der Waals surface area contributed by atoms with E-state index in [1.807, 2.05) is 45.2 Å². The fraction of sp³-hybridized carbons (Fsp3) is 0.286. The Morgan fingerprint density at radius 2 is 1.97 bits per heavy atom. The standard InChI is InChI=1S/C28H29ClN6O3S/c1-16(26(37)32-21(15-36)17-6-5-7-19(29)12-17)35-27(38)25-20(28(35,2)3)14-22(39-25)18-8-10-30-23(13-18)33-24-9-11-31-34(24)4/h5-14,16,21,36H,15H2,1-4H3,(H,30,33)(H,32,37)/t16-,21-/m1/s1. The van der Waals surface area contributed by atoms with Crippen molar-refractivity contribution >= 4 is 46.4 Å². The van der Waals surface area contributed by atoms with E-state index in [2.05, 4.69) is 20.7 Å². The van der Waals surface area contributed by atoms with E-state index in [1.165, 1.54) is 11.3 Å². The highest BCUT2D eigenvalue weighted by Gasteiger charge is 2.48. The van der Waals surface area contributed by atoms with Gasteiger partial charge in [0.2, 0.25) is 5.91 Å². The van der Waals surface area contributed by atoms with Gasteiger partial charge in [-0.15, -0.1) is 11.3 Å². The van der Waals surface area contributed by atoms with E-state index in [-0.39, 0.29) is 18.4 Å². The van der Waals surface area contributed by atoms with Gasteiger partial charge in [0.15, 0.2) is 0 Å². The van der Waals surface area contributed by atoms with Crippen LogP contribution in [0.25, 0.3) is 10.4 Å². The van der Waals surface area contributed by atoms with Crippen LogP contribution in [0.1, 0.15) is 47.6 Å². The second kappa shape index (κ2) is 10.4. The summed E-state index contributed by atoms with van der Waals surface area (Å²) < 4.78 is 1.72. The Morgan fingerprint density at radius 1 is 1.18 bits per heavy atom. The normalized spacial score (nSPS) is 15.6. The summed E-state index contributed by atoms with van der Waals surface area (Å²) in [5, 5.41) is 20.7. The lowest BCUT2D eigenvalue weighted by molar-refractivity contribution is -0.127. The molecule has 0 bridgehead atoms. The Balaban J connectivity index is 1.36. The zero-order valence-corrected chi connectivity index (χ0v) is 23.5. The van der Waals surface area contributed by atoms with Crippen molar-refractivity contribution in [3.63, 3.8) is 0 Å². The molecule has 0 saturated carbocycles. The molecule has 1 aromatic carbocycles. The van der Waals surface area contributed by atoms with Crippen molar-refractivity contribution in [2.75, 3.05) is 11.9 Å². The van der Waals surface area contributed by atoms with Crippen molar-refractivity contribution < 1.29 is 14.7 Å². The minimum absolute atomic E-state index is 0.195. The summed E-state index contributed by atoms with van der Waals surface area (Å²) in [4.78, 5) is 34.5. The summed E-state index contributed by atoms with van der Waals surface area (Å²) in [5.41, 5.74) is 1.78. The molecule has 0 radical (unpaired) electrons. The Bertz CT molecular complexity index is 1550. The van der Waals surface area contributed by atoms with Crippen LogP contribution in [0.2, 0.25) is 5.02 Å². The molecule has 0 unspecified atom stereocenters. The average Bonchev–Trinajstić information content (AvgIpc) is 3.58. The maximum atomic E-state index is 13.6. The number of hydrogen-bond donors (Lipinski definition) is 3. The Labute approximate surface area is 235 Å². The minimum atomic E-state index is -0.764. The van der Waals surface area contributed by atoms with Gasteiger partial charge in [0, 0.05) is 34.8 Å². The molecule has 2 atom stereocenters. The minimum Gasteiger partial charge on any atom is -0.394 e. The van der Waals surface area contributed by atoms with Crippen molar-refractivity contribution in [3.05, 3.63) is 82.0 Å². The van der Waals surface area contributed by atoms with Crippen LogP contribution in [0.15, 0.2) is 60.9 Å². The van der Waals surface area contributed by atoms with Crippen molar-refractivity contribution in [3.8, 4) is 10.4 Å². The smallest absolute Gasteiger partial charge is 0.265 e. The monoisotopic (exact) mass is 564 g/mol. The molecule has 0 saturated heterocycles. The number of carbonyl (C=O) groups is 2. The van der Waals surface area contributed by atoms with Crippen LogP contribution in [0.3, 0.4) is 0 Å². The number of rotatable bonds is 8. The van der Waals surface area contributed by atoms with E-state index < -0.39 is 17.6 Å². The van der Waals surface area contributed by atoms with Crippen LogP contribution >= 0.6 is 22.9 Å². The topological polar surface area (TPSA) is 112 Å². The zero-order valence-electron chi connectivity index (χ0n) is 22.0. The van der Waals surface area contributed by atoms with Gasteiger partial charge in [-0.1, -0.05) is 23.7 Å². The second-order valence-electron chi connectivity index (χ2n) is 9.96. The van der Waals surface area contributed by atoms with Gasteiger partial charge < -0.3 is 20.6 Å². The van der Waals surface area contributed by atoms with Crippen LogP contribution in [-0.4, -0.2) is 49.2 Å². The summed E-state index contributed by atoms with van der Waals surface area (Å²) in [7, 11) is 1.85. The first-order chi connectivity index (χ1) is 18.6. The van der Waals surface area contributed by atoms with Crippen molar-refractivity contribution in [2.24, 2.45) is 7.05 Å². The Hall–Kier alpha value is -3.73. The first kappa shape index (κ1) is 26.9. The number of nitrogens with zero attached hydrogens (tertiary/aromatic N) is 4. The number of amides is 2. The van der Waals surface area contributed by atoms with E-state index >= 15 is 0 Å². The molecule has 3 aromatic heterocycles. The summed E-state index contributed by atoms with van der Waals surface area (Å²) in [5.74, 6) is 0.928. The molecule has 1 aliphatic rings. The molecule has 0 aliphatic carbocycles. The summed E-state index contributed by atoms with van der Waals surface area (Å²) in [6, 6.07) is 13.3. The molecular weight excluding hydrogens is 536 g/mol. The van der Waals surface area contributed by atoms with Gasteiger partial charge >= 0.3 is 0 Å². The lowest BCUT2D eigenvalue weighted by atomic mass is 9.95. The number of hydrogen-bond acceptors (Lipinski definition) is 7. The molecule has 4 heterocycles. The number of pyridine rings is 1. The number of aryl methyl sites for hydroxylation is 1. The van der Waals surface area contributed by atoms with E-state index in [0.717, 1.165) is 21.8 Å².